The number of fused-ring (bicyclic) bond motifs is 3. The Balaban J connectivity index is 1.53. The maximum atomic E-state index is 8.93. The van der Waals surface area contributed by atoms with Crippen LogP contribution in [0, 0.1) is 5.92 Å². The van der Waals surface area contributed by atoms with E-state index in [1.807, 2.05) is 20.8 Å². The van der Waals surface area contributed by atoms with Crippen molar-refractivity contribution < 1.29 is 37.9 Å². The molecule has 4 heterocycles. The highest BCUT2D eigenvalue weighted by Crippen LogP contribution is 2.39. The van der Waals surface area contributed by atoms with Crippen LogP contribution in [0.5, 0.6) is 0 Å². The molecule has 0 radical (unpaired) electrons. The van der Waals surface area contributed by atoms with E-state index in [9.17, 15) is 0 Å². The fourth-order valence-corrected chi connectivity index (χ4v) is 4.59. The normalized spacial score (nSPS) is 48.6. The summed E-state index contributed by atoms with van der Waals surface area (Å²) in [4.78, 5) is 2.91. The summed E-state index contributed by atoms with van der Waals surface area (Å²) in [6, 6.07) is -0.652. The van der Waals surface area contributed by atoms with Gasteiger partial charge in [0.25, 0.3) is 0 Å². The largest absolute Gasteiger partial charge is 0.378 e. The summed E-state index contributed by atoms with van der Waals surface area (Å²) in [5.41, 5.74) is 8.93. The van der Waals surface area contributed by atoms with Gasteiger partial charge in [-0.2, -0.15) is 0 Å². The Morgan fingerprint density at radius 1 is 1.03 bits per heavy atom. The molecule has 11 nitrogen and oxygen atoms in total. The molecule has 4 fully saturated rings. The lowest BCUT2D eigenvalue weighted by Crippen LogP contribution is -2.64. The first-order valence-electron chi connectivity index (χ1n) is 9.88. The number of methoxy groups -OCH3 is 2. The van der Waals surface area contributed by atoms with Crippen molar-refractivity contribution in [1.29, 1.82) is 0 Å². The molecule has 4 aliphatic rings. The predicted molar refractivity (Wildman–Crippen MR) is 96.7 cm³/mol. The maximum Gasteiger partial charge on any atom is 0.169 e. The monoisotopic (exact) mass is 415 g/mol. The molecule has 11 heteroatoms. The van der Waals surface area contributed by atoms with Crippen molar-refractivity contribution in [1.82, 2.24) is 0 Å². The highest BCUT2D eigenvalue weighted by molar-refractivity contribution is 5.00. The van der Waals surface area contributed by atoms with Crippen molar-refractivity contribution in [2.75, 3.05) is 27.4 Å². The molecule has 2 bridgehead atoms. The van der Waals surface area contributed by atoms with Crippen LogP contribution in [-0.2, 0) is 37.9 Å². The van der Waals surface area contributed by atoms with Crippen molar-refractivity contribution in [2.45, 2.75) is 81.8 Å². The topological polar surface area (TPSA) is 123 Å². The quantitative estimate of drug-likeness (QED) is 0.375. The van der Waals surface area contributed by atoms with Gasteiger partial charge in [0.1, 0.15) is 30.5 Å². The number of ether oxygens (including phenoxy) is 8. The van der Waals surface area contributed by atoms with E-state index < -0.39 is 36.6 Å². The second-order valence-electron chi connectivity index (χ2n) is 8.27. The Morgan fingerprint density at radius 3 is 2.48 bits per heavy atom. The Morgan fingerprint density at radius 2 is 1.79 bits per heavy atom. The Kier molecular flexibility index (Phi) is 6.04. The zero-order valence-corrected chi connectivity index (χ0v) is 17.3. The molecule has 10 atom stereocenters. The number of rotatable bonds is 5. The van der Waals surface area contributed by atoms with Crippen LogP contribution in [0.3, 0.4) is 0 Å². The van der Waals surface area contributed by atoms with Crippen molar-refractivity contribution in [2.24, 2.45) is 11.0 Å². The Hall–Kier alpha value is -1.01. The predicted octanol–water partition coefficient (Wildman–Crippen LogP) is 1.35. The van der Waals surface area contributed by atoms with Crippen LogP contribution in [-0.4, -0.2) is 88.5 Å². The third kappa shape index (κ3) is 3.87. The third-order valence-electron chi connectivity index (χ3n) is 6.02. The minimum absolute atomic E-state index is 0.134. The first kappa shape index (κ1) is 21.2. The second-order valence-corrected chi connectivity index (χ2v) is 8.27. The molecule has 4 saturated heterocycles. The lowest BCUT2D eigenvalue weighted by molar-refractivity contribution is -0.386. The van der Waals surface area contributed by atoms with E-state index in [1.54, 1.807) is 14.2 Å². The first-order valence-corrected chi connectivity index (χ1v) is 9.88. The highest BCUT2D eigenvalue weighted by atomic mass is 16.8. The molecule has 0 saturated carbocycles. The van der Waals surface area contributed by atoms with E-state index in [-0.39, 0.29) is 30.3 Å². The van der Waals surface area contributed by atoms with Gasteiger partial charge in [-0.15, -0.1) is 0 Å². The first-order chi connectivity index (χ1) is 13.9. The van der Waals surface area contributed by atoms with Gasteiger partial charge in [0.05, 0.1) is 25.4 Å². The second kappa shape index (κ2) is 8.26. The van der Waals surface area contributed by atoms with Gasteiger partial charge in [0, 0.05) is 25.0 Å². The lowest BCUT2D eigenvalue weighted by atomic mass is 9.90. The Labute approximate surface area is 169 Å². The van der Waals surface area contributed by atoms with E-state index in [0.717, 1.165) is 0 Å². The zero-order valence-electron chi connectivity index (χ0n) is 17.3. The van der Waals surface area contributed by atoms with Crippen LogP contribution < -0.4 is 0 Å². The van der Waals surface area contributed by atoms with Crippen molar-refractivity contribution in [3.05, 3.63) is 10.4 Å². The van der Waals surface area contributed by atoms with Crippen LogP contribution in [0.4, 0.5) is 0 Å². The summed E-state index contributed by atoms with van der Waals surface area (Å²) < 4.78 is 47.3. The molecular formula is C18H29N3O8. The van der Waals surface area contributed by atoms with Gasteiger partial charge in [0.2, 0.25) is 0 Å². The van der Waals surface area contributed by atoms with Gasteiger partial charge < -0.3 is 37.9 Å². The summed E-state index contributed by atoms with van der Waals surface area (Å²) in [6.45, 7) is 6.43. The number of nitrogens with zero attached hydrogens (tertiary/aromatic N) is 3. The van der Waals surface area contributed by atoms with Crippen LogP contribution in [0.2, 0.25) is 0 Å². The molecular weight excluding hydrogens is 386 g/mol. The summed E-state index contributed by atoms with van der Waals surface area (Å²) in [7, 11) is 3.21. The molecule has 29 heavy (non-hydrogen) atoms. The van der Waals surface area contributed by atoms with Gasteiger partial charge in [-0.1, -0.05) is 12.0 Å². The molecule has 0 amide bonds. The minimum Gasteiger partial charge on any atom is -0.378 e. The van der Waals surface area contributed by atoms with Crippen LogP contribution >= 0.6 is 0 Å². The fraction of sp³-hybridized carbons (Fsp3) is 1.00. The standard InChI is InChI=1S/C18H29N3O8/c1-8-12(22-4)14-10(7-25-18(2,3)29-14)26-16(8)28-13-9-6-24-17(27-9)11(20-21-19)15(13)23-5/h8-17H,6-7H2,1-5H3/t8?,9?,10?,11?,12-,13+,14+,15-,16-,17+/m0/s1. The average Bonchev–Trinajstić information content (AvgIpc) is 3.12. The smallest absolute Gasteiger partial charge is 0.169 e. The lowest BCUT2D eigenvalue weighted by Gasteiger charge is -2.51. The third-order valence-corrected chi connectivity index (χ3v) is 6.02. The van der Waals surface area contributed by atoms with Crippen molar-refractivity contribution >= 4 is 0 Å². The number of azide groups is 1. The number of hydrogen-bond acceptors (Lipinski definition) is 9. The number of hydrogen-bond donors (Lipinski definition) is 0. The highest BCUT2D eigenvalue weighted by Gasteiger charge is 2.55. The molecule has 164 valence electrons. The van der Waals surface area contributed by atoms with E-state index in [2.05, 4.69) is 10.0 Å². The molecule has 0 aromatic heterocycles. The van der Waals surface area contributed by atoms with Gasteiger partial charge in [-0.25, -0.2) is 0 Å². The zero-order chi connectivity index (χ0) is 20.8. The molecule has 4 unspecified atom stereocenters. The van der Waals surface area contributed by atoms with Crippen LogP contribution in [0.25, 0.3) is 10.4 Å². The van der Waals surface area contributed by atoms with E-state index in [0.29, 0.717) is 13.2 Å². The molecule has 4 rings (SSSR count). The molecule has 4 aliphatic heterocycles. The average molecular weight is 415 g/mol. The molecule has 0 N–H and O–H groups in total. The van der Waals surface area contributed by atoms with Crippen molar-refractivity contribution in [3.63, 3.8) is 0 Å². The summed E-state index contributed by atoms with van der Waals surface area (Å²) in [6.07, 6.45) is -3.49. The SMILES string of the molecule is CO[C@H]1C(C)[C@H](O[C@@H]2C3CO[C@H](O3)C(N=[N+]=[N-])[C@@H]2OC)OC2COC(C)(C)O[C@H]21. The van der Waals surface area contributed by atoms with Gasteiger partial charge in [0.15, 0.2) is 18.4 Å². The van der Waals surface area contributed by atoms with E-state index >= 15 is 0 Å². The van der Waals surface area contributed by atoms with Crippen LogP contribution in [0.15, 0.2) is 5.11 Å². The van der Waals surface area contributed by atoms with Crippen LogP contribution in [0.1, 0.15) is 20.8 Å². The molecule has 0 aromatic rings. The van der Waals surface area contributed by atoms with E-state index in [1.165, 1.54) is 0 Å². The summed E-state index contributed by atoms with van der Waals surface area (Å²) in [5.74, 6) is -0.836. The fourth-order valence-electron chi connectivity index (χ4n) is 4.59. The Bertz CT molecular complexity index is 645. The molecule has 0 aromatic carbocycles. The maximum absolute atomic E-state index is 8.93. The van der Waals surface area contributed by atoms with Gasteiger partial charge in [-0.05, 0) is 19.4 Å². The van der Waals surface area contributed by atoms with Gasteiger partial charge in [-0.3, -0.25) is 0 Å². The van der Waals surface area contributed by atoms with Crippen molar-refractivity contribution in [3.8, 4) is 0 Å². The molecule has 0 aliphatic carbocycles. The summed E-state index contributed by atoms with van der Waals surface area (Å²) >= 11 is 0. The molecule has 0 spiro atoms. The van der Waals surface area contributed by atoms with E-state index in [4.69, 9.17) is 43.4 Å². The van der Waals surface area contributed by atoms with Gasteiger partial charge >= 0.3 is 0 Å². The minimum atomic E-state index is -0.703. The summed E-state index contributed by atoms with van der Waals surface area (Å²) in [5, 5.41) is 3.81.